The van der Waals surface area contributed by atoms with Crippen LogP contribution < -0.4 is 4.72 Å². The van der Waals surface area contributed by atoms with Crippen LogP contribution in [0, 0.1) is 6.92 Å². The Labute approximate surface area is 138 Å². The predicted octanol–water partition coefficient (Wildman–Crippen LogP) is 2.63. The third-order valence-corrected chi connectivity index (χ3v) is 5.69. The van der Waals surface area contributed by atoms with Gasteiger partial charge in [-0.25, -0.2) is 13.1 Å². The molecule has 1 N–H and O–H groups in total. The maximum atomic E-state index is 12.3. The Hall–Kier alpha value is -2.03. The van der Waals surface area contributed by atoms with Gasteiger partial charge >= 0.3 is 0 Å². The second kappa shape index (κ2) is 6.61. The van der Waals surface area contributed by atoms with E-state index in [1.807, 2.05) is 17.5 Å². The molecule has 0 bridgehead atoms. The van der Waals surface area contributed by atoms with Gasteiger partial charge in [-0.1, -0.05) is 24.3 Å². The number of aryl methyl sites for hydroxylation is 1. The van der Waals surface area contributed by atoms with E-state index >= 15 is 0 Å². The van der Waals surface area contributed by atoms with E-state index in [0.717, 1.165) is 4.88 Å². The minimum Gasteiger partial charge on any atom is -0.420 e. The van der Waals surface area contributed by atoms with Crippen LogP contribution in [-0.4, -0.2) is 25.2 Å². The van der Waals surface area contributed by atoms with Gasteiger partial charge in [-0.15, -0.1) is 21.5 Å². The first-order valence-electron chi connectivity index (χ1n) is 6.98. The molecular formula is C15H15N3O3S2. The lowest BCUT2D eigenvalue weighted by molar-refractivity contribution is 0.503. The lowest BCUT2D eigenvalue weighted by Gasteiger charge is -2.07. The Morgan fingerprint density at radius 1 is 1.17 bits per heavy atom. The fraction of sp³-hybridized carbons (Fsp3) is 0.200. The third-order valence-electron chi connectivity index (χ3n) is 3.21. The molecular weight excluding hydrogens is 334 g/mol. The molecule has 0 aliphatic rings. The van der Waals surface area contributed by atoms with Crippen molar-refractivity contribution in [2.45, 2.75) is 18.2 Å². The SMILES string of the molecule is Cc1ccccc1S(=O)(=O)NCCc1nnc(-c2cccs2)o1. The zero-order valence-corrected chi connectivity index (χ0v) is 14.0. The zero-order valence-electron chi connectivity index (χ0n) is 12.4. The average molecular weight is 349 g/mol. The van der Waals surface area contributed by atoms with E-state index in [4.69, 9.17) is 4.42 Å². The molecule has 0 spiro atoms. The minimum atomic E-state index is -3.54. The van der Waals surface area contributed by atoms with E-state index in [1.54, 1.807) is 31.2 Å². The smallest absolute Gasteiger partial charge is 0.257 e. The molecule has 0 saturated heterocycles. The van der Waals surface area contributed by atoms with E-state index in [0.29, 0.717) is 23.8 Å². The fourth-order valence-corrected chi connectivity index (χ4v) is 4.00. The highest BCUT2D eigenvalue weighted by atomic mass is 32.2. The van der Waals surface area contributed by atoms with Crippen LogP contribution in [-0.2, 0) is 16.4 Å². The Morgan fingerprint density at radius 3 is 2.74 bits per heavy atom. The first-order chi connectivity index (χ1) is 11.1. The molecule has 0 aliphatic carbocycles. The summed E-state index contributed by atoms with van der Waals surface area (Å²) in [6, 6.07) is 10.6. The van der Waals surface area contributed by atoms with Crippen molar-refractivity contribution in [2.24, 2.45) is 0 Å². The van der Waals surface area contributed by atoms with Crippen molar-refractivity contribution in [1.29, 1.82) is 0 Å². The Morgan fingerprint density at radius 2 is 2.00 bits per heavy atom. The molecule has 0 unspecified atom stereocenters. The van der Waals surface area contributed by atoms with Crippen LogP contribution in [0.5, 0.6) is 0 Å². The molecule has 0 fully saturated rings. The Balaban J connectivity index is 1.62. The standard InChI is InChI=1S/C15H15N3O3S2/c1-11-5-2-3-7-13(11)23(19,20)16-9-8-14-17-18-15(21-14)12-6-4-10-22-12/h2-7,10,16H,8-9H2,1H3. The molecule has 3 aromatic rings. The van der Waals surface area contributed by atoms with E-state index in [2.05, 4.69) is 14.9 Å². The molecule has 3 rings (SSSR count). The number of sulfonamides is 1. The summed E-state index contributed by atoms with van der Waals surface area (Å²) in [7, 11) is -3.54. The third kappa shape index (κ3) is 3.66. The van der Waals surface area contributed by atoms with Crippen molar-refractivity contribution in [2.75, 3.05) is 6.54 Å². The molecule has 0 saturated carbocycles. The zero-order chi connectivity index (χ0) is 16.3. The van der Waals surface area contributed by atoms with E-state index in [9.17, 15) is 8.42 Å². The molecule has 120 valence electrons. The molecule has 0 aliphatic heterocycles. The van der Waals surface area contributed by atoms with Crippen molar-refractivity contribution in [3.63, 3.8) is 0 Å². The molecule has 0 atom stereocenters. The van der Waals surface area contributed by atoms with Gasteiger partial charge in [0.25, 0.3) is 5.89 Å². The van der Waals surface area contributed by atoms with Crippen molar-refractivity contribution >= 4 is 21.4 Å². The Bertz CT molecular complexity index is 886. The summed E-state index contributed by atoms with van der Waals surface area (Å²) in [6.07, 6.45) is 0.337. The number of hydrogen-bond acceptors (Lipinski definition) is 6. The van der Waals surface area contributed by atoms with Crippen LogP contribution in [0.4, 0.5) is 0 Å². The van der Waals surface area contributed by atoms with E-state index in [-0.39, 0.29) is 11.4 Å². The minimum absolute atomic E-state index is 0.197. The van der Waals surface area contributed by atoms with Gasteiger partial charge in [-0.2, -0.15) is 0 Å². The number of thiophene rings is 1. The number of nitrogens with one attached hydrogen (secondary N) is 1. The van der Waals surface area contributed by atoms with E-state index in [1.165, 1.54) is 11.3 Å². The summed E-state index contributed by atoms with van der Waals surface area (Å²) in [5.74, 6) is 0.859. The predicted molar refractivity (Wildman–Crippen MR) is 87.7 cm³/mol. The lowest BCUT2D eigenvalue weighted by Crippen LogP contribution is -2.26. The summed E-state index contributed by atoms with van der Waals surface area (Å²) in [5, 5.41) is 9.83. The second-order valence-electron chi connectivity index (χ2n) is 4.89. The van der Waals surface area contributed by atoms with Gasteiger partial charge < -0.3 is 4.42 Å². The number of nitrogens with zero attached hydrogens (tertiary/aromatic N) is 2. The molecule has 0 amide bonds. The highest BCUT2D eigenvalue weighted by Crippen LogP contribution is 2.23. The maximum absolute atomic E-state index is 12.3. The second-order valence-corrected chi connectivity index (χ2v) is 7.57. The molecule has 1 aromatic carbocycles. The van der Waals surface area contributed by atoms with Crippen molar-refractivity contribution in [3.8, 4) is 10.8 Å². The highest BCUT2D eigenvalue weighted by molar-refractivity contribution is 7.89. The lowest BCUT2D eigenvalue weighted by atomic mass is 10.2. The summed E-state index contributed by atoms with van der Waals surface area (Å²) in [6.45, 7) is 1.96. The average Bonchev–Trinajstić information content (AvgIpc) is 3.18. The number of benzene rings is 1. The molecule has 6 nitrogen and oxygen atoms in total. The topological polar surface area (TPSA) is 85.1 Å². The van der Waals surface area contributed by atoms with E-state index < -0.39 is 10.0 Å². The van der Waals surface area contributed by atoms with Crippen LogP contribution in [0.2, 0.25) is 0 Å². The van der Waals surface area contributed by atoms with Gasteiger partial charge in [0.2, 0.25) is 15.9 Å². The summed E-state index contributed by atoms with van der Waals surface area (Å²) >= 11 is 1.51. The van der Waals surface area contributed by atoms with Crippen LogP contribution in [0.1, 0.15) is 11.5 Å². The summed E-state index contributed by atoms with van der Waals surface area (Å²) < 4.78 is 32.6. The van der Waals surface area contributed by atoms with Gasteiger partial charge in [-0.05, 0) is 30.0 Å². The molecule has 23 heavy (non-hydrogen) atoms. The van der Waals surface area contributed by atoms with Crippen molar-refractivity contribution < 1.29 is 12.8 Å². The van der Waals surface area contributed by atoms with Gasteiger partial charge in [0.1, 0.15) is 0 Å². The first kappa shape index (κ1) is 15.9. The van der Waals surface area contributed by atoms with Crippen LogP contribution in [0.25, 0.3) is 10.8 Å². The molecule has 8 heteroatoms. The number of aromatic nitrogens is 2. The van der Waals surface area contributed by atoms with Gasteiger partial charge in [0.05, 0.1) is 9.77 Å². The quantitative estimate of drug-likeness (QED) is 0.739. The van der Waals surface area contributed by atoms with Crippen LogP contribution >= 0.6 is 11.3 Å². The van der Waals surface area contributed by atoms with Gasteiger partial charge in [0.15, 0.2) is 0 Å². The van der Waals surface area contributed by atoms with Crippen LogP contribution in [0.15, 0.2) is 51.1 Å². The van der Waals surface area contributed by atoms with Crippen molar-refractivity contribution in [1.82, 2.24) is 14.9 Å². The molecule has 2 aromatic heterocycles. The molecule has 0 radical (unpaired) electrons. The number of hydrogen-bond donors (Lipinski definition) is 1. The summed E-state index contributed by atoms with van der Waals surface area (Å²) in [4.78, 5) is 1.18. The maximum Gasteiger partial charge on any atom is 0.257 e. The van der Waals surface area contributed by atoms with Crippen LogP contribution in [0.3, 0.4) is 0 Å². The first-order valence-corrected chi connectivity index (χ1v) is 9.34. The fourth-order valence-electron chi connectivity index (χ4n) is 2.08. The van der Waals surface area contributed by atoms with Crippen molar-refractivity contribution in [3.05, 3.63) is 53.2 Å². The monoisotopic (exact) mass is 349 g/mol. The largest absolute Gasteiger partial charge is 0.420 e. The highest BCUT2D eigenvalue weighted by Gasteiger charge is 2.16. The normalized spacial score (nSPS) is 11.7. The summed E-state index contributed by atoms with van der Waals surface area (Å²) in [5.41, 5.74) is 0.706. The Kier molecular flexibility index (Phi) is 4.56. The molecule has 2 heterocycles. The number of rotatable bonds is 6. The van der Waals surface area contributed by atoms with Gasteiger partial charge in [-0.3, -0.25) is 0 Å². The van der Waals surface area contributed by atoms with Gasteiger partial charge in [0, 0.05) is 13.0 Å².